The third-order valence-corrected chi connectivity index (χ3v) is 15.0. The van der Waals surface area contributed by atoms with E-state index < -0.39 is 47.8 Å². The molecule has 0 aliphatic carbocycles. The lowest BCUT2D eigenvalue weighted by Gasteiger charge is -2.29. The summed E-state index contributed by atoms with van der Waals surface area (Å²) in [4.78, 5) is 101. The largest absolute Gasteiger partial charge is 0.496 e. The summed E-state index contributed by atoms with van der Waals surface area (Å²) in [5.74, 6) is -2.36. The van der Waals surface area contributed by atoms with Crippen LogP contribution < -0.4 is 36.5 Å². The highest BCUT2D eigenvalue weighted by atomic mass is 16.5. The minimum Gasteiger partial charge on any atom is -0.496 e. The van der Waals surface area contributed by atoms with E-state index >= 15 is 0 Å². The number of nitrogens with two attached hydrogens (primary N) is 1. The van der Waals surface area contributed by atoms with Crippen molar-refractivity contribution in [2.45, 2.75) is 74.5 Å². The van der Waals surface area contributed by atoms with Gasteiger partial charge in [0.1, 0.15) is 47.1 Å². The number of methoxy groups -OCH3 is 2. The lowest BCUT2D eigenvalue weighted by molar-refractivity contribution is -0.131. The Bertz CT molecular complexity index is 3150. The summed E-state index contributed by atoms with van der Waals surface area (Å²) in [7, 11) is 3.15. The molecule has 0 bridgehead atoms. The number of nitrogens with one attached hydrogen (secondary N) is 6. The van der Waals surface area contributed by atoms with Gasteiger partial charge in [-0.3, -0.25) is 33.6 Å². The van der Waals surface area contributed by atoms with Crippen molar-refractivity contribution in [3.8, 4) is 17.6 Å². The fourth-order valence-corrected chi connectivity index (χ4v) is 11.2. The van der Waals surface area contributed by atoms with Crippen molar-refractivity contribution in [2.24, 2.45) is 17.6 Å². The van der Waals surface area contributed by atoms with E-state index in [1.807, 2.05) is 97.1 Å². The average molecular weight is 1020 g/mol. The maximum Gasteiger partial charge on any atom is 0.271 e. The second-order valence-electron chi connectivity index (χ2n) is 19.4. The number of H-pyrrole nitrogens is 2. The molecule has 4 aliphatic rings. The number of aromatic amines is 2. The Morgan fingerprint density at radius 1 is 0.640 bits per heavy atom. The SMILES string of the molecule is COc1cccc2[nH]c(C(=O)N3CC[C@H](c4ccccc4)[C@H]3C(=O)N[C@@H](C[C@@H]3CCNC3=O)C(N)=O)cc12.COc1cccc2[nH]c(C(=O)N3CC[C@H](c4ccccc4)[C@H]3C(=O)N[C@H](C#N)C[C@@H]3CCNC3=O)cc12. The van der Waals surface area contributed by atoms with E-state index in [0.29, 0.717) is 74.7 Å². The Labute approximate surface area is 432 Å². The first-order valence-corrected chi connectivity index (χ1v) is 25.3. The fraction of sp³-hybridized carbons (Fsp3) is 0.357. The van der Waals surface area contributed by atoms with Gasteiger partial charge in [0.25, 0.3) is 11.8 Å². The predicted molar refractivity (Wildman–Crippen MR) is 277 cm³/mol. The molecule has 0 saturated carbocycles. The van der Waals surface area contributed by atoms with Gasteiger partial charge in [0, 0.05) is 71.7 Å². The van der Waals surface area contributed by atoms with Crippen LogP contribution in [0, 0.1) is 23.2 Å². The van der Waals surface area contributed by atoms with Gasteiger partial charge in [-0.2, -0.15) is 5.26 Å². The second kappa shape index (κ2) is 22.6. The number of hydrogen-bond acceptors (Lipinski definition) is 10. The van der Waals surface area contributed by atoms with Crippen molar-refractivity contribution in [1.82, 2.24) is 41.0 Å². The highest BCUT2D eigenvalue weighted by Crippen LogP contribution is 2.38. The van der Waals surface area contributed by atoms with Crippen LogP contribution in [0.3, 0.4) is 0 Å². The molecular weight excluding hydrogens is 957 g/mol. The number of primary amides is 1. The number of amides is 7. The van der Waals surface area contributed by atoms with Gasteiger partial charge in [-0.25, -0.2) is 0 Å². The number of benzene rings is 4. The summed E-state index contributed by atoms with van der Waals surface area (Å²) >= 11 is 0. The van der Waals surface area contributed by atoms with E-state index in [9.17, 15) is 38.8 Å². The van der Waals surface area contributed by atoms with E-state index in [4.69, 9.17) is 15.2 Å². The molecule has 4 aromatic carbocycles. The first-order valence-electron chi connectivity index (χ1n) is 25.3. The second-order valence-corrected chi connectivity index (χ2v) is 19.4. The highest BCUT2D eigenvalue weighted by molar-refractivity contribution is 6.03. The van der Waals surface area contributed by atoms with Crippen LogP contribution in [0.1, 0.15) is 82.5 Å². The third kappa shape index (κ3) is 10.9. The molecule has 10 rings (SSSR count). The molecule has 2 aromatic heterocycles. The summed E-state index contributed by atoms with van der Waals surface area (Å²) < 4.78 is 10.9. The molecule has 388 valence electrons. The van der Waals surface area contributed by atoms with Crippen LogP contribution in [-0.4, -0.2) is 126 Å². The molecule has 8 N–H and O–H groups in total. The number of rotatable bonds is 15. The Balaban J connectivity index is 0.000000184. The molecule has 8 atom stereocenters. The monoisotopic (exact) mass is 1020 g/mol. The van der Waals surface area contributed by atoms with Gasteiger partial charge in [-0.15, -0.1) is 0 Å². The summed E-state index contributed by atoms with van der Waals surface area (Å²) in [6.45, 7) is 1.85. The topological polar surface area (TPSA) is 274 Å². The van der Waals surface area contributed by atoms with E-state index in [0.717, 1.165) is 32.9 Å². The molecule has 4 fully saturated rings. The molecular formula is C56H60N10O9. The van der Waals surface area contributed by atoms with Crippen molar-refractivity contribution >= 4 is 63.2 Å². The van der Waals surface area contributed by atoms with Crippen molar-refractivity contribution < 1.29 is 43.0 Å². The number of likely N-dealkylation sites (tertiary alicyclic amines) is 2. The van der Waals surface area contributed by atoms with Crippen LogP contribution in [-0.2, 0) is 24.0 Å². The lowest BCUT2D eigenvalue weighted by Crippen LogP contribution is -2.54. The van der Waals surface area contributed by atoms with E-state index in [-0.39, 0.29) is 54.2 Å². The summed E-state index contributed by atoms with van der Waals surface area (Å²) in [5.41, 5.74) is 9.72. The summed E-state index contributed by atoms with van der Waals surface area (Å²) in [6.07, 6.45) is 2.75. The Morgan fingerprint density at radius 2 is 1.09 bits per heavy atom. The van der Waals surface area contributed by atoms with Gasteiger partial charge in [0.2, 0.25) is 29.5 Å². The lowest BCUT2D eigenvalue weighted by atomic mass is 9.90. The molecule has 4 aliphatic heterocycles. The van der Waals surface area contributed by atoms with Crippen molar-refractivity contribution in [3.63, 3.8) is 0 Å². The Kier molecular flexibility index (Phi) is 15.5. The number of carbonyl (C=O) groups is 7. The minimum atomic E-state index is -1.03. The van der Waals surface area contributed by atoms with Crippen LogP contribution in [0.5, 0.6) is 11.5 Å². The van der Waals surface area contributed by atoms with Gasteiger partial charge in [0.05, 0.1) is 20.3 Å². The maximum absolute atomic E-state index is 13.8. The quantitative estimate of drug-likeness (QED) is 0.0763. The van der Waals surface area contributed by atoms with Crippen LogP contribution in [0.2, 0.25) is 0 Å². The molecule has 75 heavy (non-hydrogen) atoms. The van der Waals surface area contributed by atoms with E-state index in [2.05, 4.69) is 37.3 Å². The van der Waals surface area contributed by atoms with Gasteiger partial charge in [-0.1, -0.05) is 72.8 Å². The number of ether oxygens (including phenoxy) is 2. The van der Waals surface area contributed by atoms with E-state index in [1.165, 1.54) is 0 Å². The highest BCUT2D eigenvalue weighted by Gasteiger charge is 2.46. The van der Waals surface area contributed by atoms with Gasteiger partial charge in [0.15, 0.2) is 0 Å². The van der Waals surface area contributed by atoms with Crippen LogP contribution in [0.25, 0.3) is 21.8 Å². The van der Waals surface area contributed by atoms with Crippen molar-refractivity contribution in [2.75, 3.05) is 40.4 Å². The minimum absolute atomic E-state index is 0.0939. The zero-order chi connectivity index (χ0) is 52.8. The normalized spacial score (nSPS) is 21.8. The number of fused-ring (bicyclic) bond motifs is 2. The Morgan fingerprint density at radius 3 is 1.51 bits per heavy atom. The molecule has 7 amide bonds. The van der Waals surface area contributed by atoms with E-state index in [1.54, 1.807) is 36.2 Å². The number of nitriles is 1. The smallest absolute Gasteiger partial charge is 0.271 e. The first-order chi connectivity index (χ1) is 36.4. The van der Waals surface area contributed by atoms with Crippen molar-refractivity contribution in [3.05, 3.63) is 132 Å². The average Bonchev–Trinajstić information content (AvgIpc) is 4.31. The van der Waals surface area contributed by atoms with Gasteiger partial charge >= 0.3 is 0 Å². The molecule has 6 aromatic rings. The van der Waals surface area contributed by atoms with Crippen LogP contribution >= 0.6 is 0 Å². The molecule has 0 radical (unpaired) electrons. The van der Waals surface area contributed by atoms with Gasteiger partial charge < -0.3 is 56.2 Å². The van der Waals surface area contributed by atoms with Gasteiger partial charge in [-0.05, 0) is 86.1 Å². The van der Waals surface area contributed by atoms with Crippen molar-refractivity contribution in [1.29, 1.82) is 5.26 Å². The summed E-state index contributed by atoms with van der Waals surface area (Å²) in [6, 6.07) is 32.3. The zero-order valence-corrected chi connectivity index (χ0v) is 41.7. The van der Waals surface area contributed by atoms with Crippen LogP contribution in [0.4, 0.5) is 0 Å². The molecule has 4 saturated heterocycles. The first kappa shape index (κ1) is 51.2. The third-order valence-electron chi connectivity index (χ3n) is 15.0. The summed E-state index contributed by atoms with van der Waals surface area (Å²) in [5, 5.41) is 22.4. The van der Waals surface area contributed by atoms with Crippen LogP contribution in [0.15, 0.2) is 109 Å². The molecule has 19 nitrogen and oxygen atoms in total. The zero-order valence-electron chi connectivity index (χ0n) is 41.7. The fourth-order valence-electron chi connectivity index (χ4n) is 11.2. The standard InChI is InChI=1S/C28H31N5O5.C28H29N5O4/c1-38-23-9-5-8-20-19(23)15-22(31-20)28(37)33-13-11-18(16-6-3-2-4-7-16)24(33)27(36)32-21(25(29)34)14-17-10-12-30-26(17)35;1-37-24-9-5-8-22-21(24)15-23(32-22)28(36)33-13-11-20(17-6-3-2-4-7-17)25(33)27(35)31-19(16-29)14-18-10-12-30-26(18)34/h2-9,15,17-18,21,24,31H,10-14H2,1H3,(H2,29,34)(H,30,35)(H,32,36);2-9,15,18-20,25,32H,10-14H2,1H3,(H,30,34)(H,31,35)/t17-,18+,21-,24-;18-,19-,20+,25-/m00/s1. The molecule has 0 spiro atoms. The molecule has 0 unspecified atom stereocenters. The number of carbonyl (C=O) groups excluding carboxylic acids is 7. The maximum atomic E-state index is 13.8. The number of nitrogens with zero attached hydrogens (tertiary/aromatic N) is 3. The predicted octanol–water partition coefficient (Wildman–Crippen LogP) is 4.38. The molecule has 6 heterocycles. The molecule has 19 heteroatoms. The number of hydrogen-bond donors (Lipinski definition) is 7. The number of aromatic nitrogens is 2. The Hall–Kier alpha value is -8.66.